The summed E-state index contributed by atoms with van der Waals surface area (Å²) in [5, 5.41) is 13.8. The molecule has 21 heavy (non-hydrogen) atoms. The minimum absolute atomic E-state index is 0.474. The Hall–Kier alpha value is -1.80. The van der Waals surface area contributed by atoms with Crippen LogP contribution < -0.4 is 10.1 Å². The molecule has 8 heteroatoms. The summed E-state index contributed by atoms with van der Waals surface area (Å²) in [7, 11) is 0. The molecule has 0 saturated heterocycles. The number of carboxylic acid groups (broad SMARTS) is 1. The minimum Gasteiger partial charge on any atom is -0.490 e. The summed E-state index contributed by atoms with van der Waals surface area (Å²) in [6.45, 7) is 1.45. The van der Waals surface area contributed by atoms with Gasteiger partial charge in [-0.15, -0.1) is 23.1 Å². The quantitative estimate of drug-likeness (QED) is 0.881. The zero-order chi connectivity index (χ0) is 14.4. The molecule has 0 fully saturated rings. The monoisotopic (exact) mass is 321 g/mol. The van der Waals surface area contributed by atoms with Gasteiger partial charge < -0.3 is 15.2 Å². The van der Waals surface area contributed by atoms with Crippen LogP contribution in [0.2, 0.25) is 0 Å². The third-order valence-electron chi connectivity index (χ3n) is 3.28. The van der Waals surface area contributed by atoms with Crippen molar-refractivity contribution in [3.63, 3.8) is 0 Å². The average molecular weight is 321 g/mol. The second kappa shape index (κ2) is 4.88. The summed E-state index contributed by atoms with van der Waals surface area (Å²) < 4.78 is 6.65. The van der Waals surface area contributed by atoms with Crippen LogP contribution in [0.15, 0.2) is 17.1 Å². The van der Waals surface area contributed by atoms with Crippen molar-refractivity contribution in [2.75, 3.05) is 24.2 Å². The second-order valence-corrected chi connectivity index (χ2v) is 6.75. The third-order valence-corrected chi connectivity index (χ3v) is 5.49. The maximum Gasteiger partial charge on any atom is 0.329 e. The molecule has 2 N–H and O–H groups in total. The van der Waals surface area contributed by atoms with E-state index in [0.717, 1.165) is 38.2 Å². The first-order valence-electron chi connectivity index (χ1n) is 6.46. The Morgan fingerprint density at radius 1 is 1.48 bits per heavy atom. The number of aromatic nitrogens is 1. The van der Waals surface area contributed by atoms with Gasteiger partial charge in [-0.1, -0.05) is 0 Å². The van der Waals surface area contributed by atoms with Gasteiger partial charge in [-0.05, 0) is 6.07 Å². The Morgan fingerprint density at radius 3 is 3.19 bits per heavy atom. The molecule has 1 unspecified atom stereocenters. The number of aliphatic carboxylic acids is 1. The van der Waals surface area contributed by atoms with E-state index in [2.05, 4.69) is 15.3 Å². The van der Waals surface area contributed by atoms with E-state index >= 15 is 0 Å². The van der Waals surface area contributed by atoms with Crippen LogP contribution in [0.3, 0.4) is 0 Å². The van der Waals surface area contributed by atoms with Crippen LogP contribution in [0, 0.1) is 0 Å². The summed E-state index contributed by atoms with van der Waals surface area (Å²) in [6.07, 6.45) is 0. The van der Waals surface area contributed by atoms with E-state index in [0.29, 0.717) is 12.4 Å². The second-order valence-electron chi connectivity index (χ2n) is 4.71. The van der Waals surface area contributed by atoms with Crippen LogP contribution in [0.25, 0.3) is 10.2 Å². The average Bonchev–Trinajstić information content (AvgIpc) is 3.11. The number of ether oxygens (including phenoxy) is 1. The molecule has 2 aliphatic rings. The van der Waals surface area contributed by atoms with Gasteiger partial charge in [0, 0.05) is 18.4 Å². The number of thiazole rings is 1. The Bertz CT molecular complexity index is 728. The number of fused-ring (bicyclic) bond motifs is 2. The van der Waals surface area contributed by atoms with Crippen LogP contribution in [0.4, 0.5) is 5.69 Å². The van der Waals surface area contributed by atoms with E-state index in [1.54, 1.807) is 0 Å². The molecule has 0 spiro atoms. The standard InChI is InChI=1S/C13H11N3O3S2/c17-13(18)8-5-20-11(16-8)12-15-7-3-9-6(4-10(7)21-12)14-1-2-19-9/h3-4,8,14H,1-2,5H2,(H,17,18). The highest BCUT2D eigenvalue weighted by atomic mass is 32.2. The largest absolute Gasteiger partial charge is 0.490 e. The van der Waals surface area contributed by atoms with Crippen molar-refractivity contribution in [2.45, 2.75) is 6.04 Å². The molecule has 0 aliphatic carbocycles. The van der Waals surface area contributed by atoms with Crippen LogP contribution >= 0.6 is 23.1 Å². The van der Waals surface area contributed by atoms with E-state index in [1.807, 2.05) is 12.1 Å². The first kappa shape index (κ1) is 12.9. The van der Waals surface area contributed by atoms with Gasteiger partial charge in [0.05, 0.1) is 15.9 Å². The zero-order valence-electron chi connectivity index (χ0n) is 10.8. The van der Waals surface area contributed by atoms with E-state index < -0.39 is 12.0 Å². The number of nitrogens with one attached hydrogen (secondary N) is 1. The SMILES string of the molecule is O=C(O)C1CSC(c2nc3cc4c(cc3s2)NCCO4)=N1. The molecule has 1 atom stereocenters. The summed E-state index contributed by atoms with van der Waals surface area (Å²) in [5.41, 5.74) is 1.84. The number of anilines is 1. The highest BCUT2D eigenvalue weighted by molar-refractivity contribution is 8.15. The molecule has 1 aromatic heterocycles. The number of benzene rings is 1. The number of hydrogen-bond acceptors (Lipinski definition) is 7. The normalized spacial score (nSPS) is 20.6. The molecular formula is C13H11N3O3S2. The van der Waals surface area contributed by atoms with Crippen molar-refractivity contribution in [1.82, 2.24) is 4.98 Å². The highest BCUT2D eigenvalue weighted by Crippen LogP contribution is 2.36. The molecule has 1 aromatic carbocycles. The zero-order valence-corrected chi connectivity index (χ0v) is 12.5. The van der Waals surface area contributed by atoms with Gasteiger partial charge in [0.25, 0.3) is 0 Å². The van der Waals surface area contributed by atoms with E-state index in [9.17, 15) is 4.79 Å². The van der Waals surface area contributed by atoms with Crippen molar-refractivity contribution < 1.29 is 14.6 Å². The van der Waals surface area contributed by atoms with Gasteiger partial charge in [-0.3, -0.25) is 4.99 Å². The molecule has 2 aliphatic heterocycles. The lowest BCUT2D eigenvalue weighted by molar-refractivity contribution is -0.137. The fourth-order valence-electron chi connectivity index (χ4n) is 2.27. The van der Waals surface area contributed by atoms with Crippen LogP contribution in [0.1, 0.15) is 5.01 Å². The number of carboxylic acids is 1. The van der Waals surface area contributed by atoms with Gasteiger partial charge in [0.1, 0.15) is 22.4 Å². The Kier molecular flexibility index (Phi) is 3.00. The topological polar surface area (TPSA) is 83.8 Å². The number of thioether (sulfide) groups is 1. The first-order chi connectivity index (χ1) is 10.2. The number of aliphatic imine (C=N–C) groups is 1. The fraction of sp³-hybridized carbons (Fsp3) is 0.308. The van der Waals surface area contributed by atoms with Gasteiger partial charge >= 0.3 is 5.97 Å². The maximum atomic E-state index is 11.0. The van der Waals surface area contributed by atoms with Gasteiger partial charge in [-0.25, -0.2) is 9.78 Å². The van der Waals surface area contributed by atoms with E-state index in [1.165, 1.54) is 23.1 Å². The molecule has 4 rings (SSSR count). The molecule has 6 nitrogen and oxygen atoms in total. The van der Waals surface area contributed by atoms with E-state index in [4.69, 9.17) is 9.84 Å². The van der Waals surface area contributed by atoms with Gasteiger partial charge in [0.15, 0.2) is 6.04 Å². The Labute approximate surface area is 128 Å². The van der Waals surface area contributed by atoms with Crippen LogP contribution in [-0.2, 0) is 4.79 Å². The lowest BCUT2D eigenvalue weighted by atomic mass is 10.2. The van der Waals surface area contributed by atoms with E-state index in [-0.39, 0.29) is 0 Å². The fourth-order valence-corrected chi connectivity index (χ4v) is 4.35. The predicted molar refractivity (Wildman–Crippen MR) is 84.0 cm³/mol. The molecule has 0 amide bonds. The Morgan fingerprint density at radius 2 is 2.38 bits per heavy atom. The summed E-state index contributed by atoms with van der Waals surface area (Å²) >= 11 is 2.98. The minimum atomic E-state index is -0.883. The van der Waals surface area contributed by atoms with Crippen molar-refractivity contribution >= 4 is 50.0 Å². The number of rotatable bonds is 2. The molecule has 0 radical (unpaired) electrons. The molecule has 0 bridgehead atoms. The van der Waals surface area contributed by atoms with Crippen molar-refractivity contribution in [2.24, 2.45) is 4.99 Å². The smallest absolute Gasteiger partial charge is 0.329 e. The Balaban J connectivity index is 1.74. The van der Waals surface area contributed by atoms with Crippen molar-refractivity contribution in [3.8, 4) is 5.75 Å². The van der Waals surface area contributed by atoms with Gasteiger partial charge in [0.2, 0.25) is 0 Å². The first-order valence-corrected chi connectivity index (χ1v) is 8.26. The summed E-state index contributed by atoms with van der Waals surface area (Å²) in [5.74, 6) is 0.406. The lowest BCUT2D eigenvalue weighted by Gasteiger charge is -2.18. The molecule has 2 aromatic rings. The number of nitrogens with zero attached hydrogens (tertiary/aromatic N) is 2. The highest BCUT2D eigenvalue weighted by Gasteiger charge is 2.27. The molecule has 3 heterocycles. The number of carbonyl (C=O) groups is 1. The molecule has 108 valence electrons. The maximum absolute atomic E-state index is 11.0. The molecular weight excluding hydrogens is 310 g/mol. The van der Waals surface area contributed by atoms with Crippen molar-refractivity contribution in [3.05, 3.63) is 17.1 Å². The van der Waals surface area contributed by atoms with Crippen LogP contribution in [0.5, 0.6) is 5.75 Å². The number of hydrogen-bond donors (Lipinski definition) is 2. The van der Waals surface area contributed by atoms with Gasteiger partial charge in [-0.2, -0.15) is 0 Å². The third kappa shape index (κ3) is 2.24. The summed E-state index contributed by atoms with van der Waals surface area (Å²) in [4.78, 5) is 19.8. The predicted octanol–water partition coefficient (Wildman–Crippen LogP) is 2.05. The van der Waals surface area contributed by atoms with Crippen LogP contribution in [-0.4, -0.2) is 46.0 Å². The van der Waals surface area contributed by atoms with Crippen molar-refractivity contribution in [1.29, 1.82) is 0 Å². The summed E-state index contributed by atoms with van der Waals surface area (Å²) in [6, 6.07) is 3.29. The molecule has 0 saturated carbocycles. The lowest BCUT2D eigenvalue weighted by Crippen LogP contribution is -2.17.